The second-order valence-corrected chi connectivity index (χ2v) is 8.07. The number of carboxylic acid groups (broad SMARTS) is 1. The maximum Gasteiger partial charge on any atom is 0.305 e. The average Bonchev–Trinajstić information content (AvgIpc) is 3.21. The zero-order chi connectivity index (χ0) is 22.7. The smallest absolute Gasteiger partial charge is 0.305 e. The molecule has 162 valence electrons. The highest BCUT2D eigenvalue weighted by atomic mass is 35.5. The Bertz CT molecular complexity index is 1300. The largest absolute Gasteiger partial charge is 0.481 e. The predicted molar refractivity (Wildman–Crippen MR) is 123 cm³/mol. The molecule has 1 atom stereocenters. The Balaban J connectivity index is 1.64. The maximum atomic E-state index is 12.7. The van der Waals surface area contributed by atoms with Gasteiger partial charge in [-0.25, -0.2) is 15.0 Å². The normalized spacial score (nSPS) is 11.9. The third kappa shape index (κ3) is 4.58. The number of halogens is 1. The van der Waals surface area contributed by atoms with Crippen molar-refractivity contribution in [2.45, 2.75) is 17.6 Å². The van der Waals surface area contributed by atoms with Crippen LogP contribution in [0, 0.1) is 0 Å². The van der Waals surface area contributed by atoms with E-state index in [9.17, 15) is 14.7 Å². The van der Waals surface area contributed by atoms with Crippen LogP contribution < -0.4 is 5.32 Å². The molecule has 0 aliphatic rings. The van der Waals surface area contributed by atoms with Crippen LogP contribution in [0.25, 0.3) is 11.0 Å². The molecule has 0 radical (unpaired) electrons. The highest BCUT2D eigenvalue weighted by Gasteiger charge is 2.20. The van der Waals surface area contributed by atoms with Crippen molar-refractivity contribution in [1.29, 1.82) is 0 Å². The van der Waals surface area contributed by atoms with Crippen LogP contribution >= 0.6 is 23.4 Å². The minimum atomic E-state index is -0.907. The number of carbonyl (C=O) groups excluding carboxylic acids is 1. The van der Waals surface area contributed by atoms with E-state index in [2.05, 4.69) is 20.3 Å². The fraction of sp³-hybridized carbons (Fsp3) is 0.136. The van der Waals surface area contributed by atoms with Crippen molar-refractivity contribution in [3.05, 3.63) is 77.3 Å². The Morgan fingerprint density at radius 2 is 1.97 bits per heavy atom. The van der Waals surface area contributed by atoms with Crippen molar-refractivity contribution < 1.29 is 14.7 Å². The molecular weight excluding hydrogens is 450 g/mol. The summed E-state index contributed by atoms with van der Waals surface area (Å²) in [6.07, 6.45) is 4.73. The van der Waals surface area contributed by atoms with Gasteiger partial charge in [-0.15, -0.1) is 0 Å². The van der Waals surface area contributed by atoms with Gasteiger partial charge < -0.3 is 15.0 Å². The molecular formula is C22H18ClN5O3S. The molecule has 0 saturated heterocycles. The number of thioether (sulfide) groups is 1. The molecule has 0 fully saturated rings. The summed E-state index contributed by atoms with van der Waals surface area (Å²) in [6, 6.07) is 14.2. The van der Waals surface area contributed by atoms with Crippen molar-refractivity contribution in [3.8, 4) is 0 Å². The van der Waals surface area contributed by atoms with Crippen LogP contribution in [0.15, 0.2) is 66.2 Å². The molecule has 0 spiro atoms. The van der Waals surface area contributed by atoms with Gasteiger partial charge in [0, 0.05) is 5.69 Å². The summed E-state index contributed by atoms with van der Waals surface area (Å²) < 4.78 is 1.83. The number of carboxylic acids is 1. The maximum absolute atomic E-state index is 12.7. The van der Waals surface area contributed by atoms with Crippen LogP contribution in [0.4, 0.5) is 5.69 Å². The Hall–Kier alpha value is -3.43. The van der Waals surface area contributed by atoms with E-state index in [-0.39, 0.29) is 17.1 Å². The summed E-state index contributed by atoms with van der Waals surface area (Å²) in [4.78, 5) is 36.8. The minimum Gasteiger partial charge on any atom is -0.481 e. The van der Waals surface area contributed by atoms with Crippen LogP contribution in [-0.4, -0.2) is 42.8 Å². The quantitative estimate of drug-likeness (QED) is 0.303. The number of anilines is 1. The van der Waals surface area contributed by atoms with Gasteiger partial charge in [0.15, 0.2) is 10.9 Å². The molecule has 4 rings (SSSR count). The zero-order valence-electron chi connectivity index (χ0n) is 16.9. The lowest BCUT2D eigenvalue weighted by Gasteiger charge is -2.18. The van der Waals surface area contributed by atoms with Crippen molar-refractivity contribution in [1.82, 2.24) is 19.5 Å². The first-order valence-electron chi connectivity index (χ1n) is 9.57. The first-order chi connectivity index (χ1) is 15.5. The molecule has 1 unspecified atom stereocenters. The molecule has 8 nitrogen and oxygen atoms in total. The molecule has 2 N–H and O–H groups in total. The van der Waals surface area contributed by atoms with Gasteiger partial charge in [0.2, 0.25) is 0 Å². The van der Waals surface area contributed by atoms with Gasteiger partial charge in [-0.3, -0.25) is 9.59 Å². The first-order valence-corrected chi connectivity index (χ1v) is 11.2. The Kier molecular flexibility index (Phi) is 6.38. The number of imidazole rings is 1. The van der Waals surface area contributed by atoms with Crippen LogP contribution in [0.2, 0.25) is 5.02 Å². The fourth-order valence-corrected chi connectivity index (χ4v) is 3.89. The van der Waals surface area contributed by atoms with Gasteiger partial charge in [0.1, 0.15) is 0 Å². The monoisotopic (exact) mass is 467 g/mol. The Morgan fingerprint density at radius 1 is 1.19 bits per heavy atom. The van der Waals surface area contributed by atoms with Crippen molar-refractivity contribution in [2.24, 2.45) is 0 Å². The molecule has 2 aromatic carbocycles. The second kappa shape index (κ2) is 9.37. The third-order valence-electron chi connectivity index (χ3n) is 4.84. The van der Waals surface area contributed by atoms with E-state index in [1.165, 1.54) is 18.0 Å². The van der Waals surface area contributed by atoms with E-state index in [0.717, 1.165) is 11.1 Å². The lowest BCUT2D eigenvalue weighted by atomic mass is 10.0. The third-order valence-corrected chi connectivity index (χ3v) is 5.68. The summed E-state index contributed by atoms with van der Waals surface area (Å²) in [5, 5.41) is 12.8. The number of hydrogen-bond acceptors (Lipinski definition) is 6. The van der Waals surface area contributed by atoms with Gasteiger partial charge >= 0.3 is 5.97 Å². The lowest BCUT2D eigenvalue weighted by Crippen LogP contribution is -2.15. The van der Waals surface area contributed by atoms with E-state index in [1.54, 1.807) is 24.5 Å². The van der Waals surface area contributed by atoms with E-state index < -0.39 is 17.9 Å². The number of nitrogens with one attached hydrogen (secondary N) is 1. The van der Waals surface area contributed by atoms with E-state index in [4.69, 9.17) is 11.6 Å². The number of aliphatic carboxylic acids is 1. The number of aromatic nitrogens is 4. The molecule has 4 aromatic rings. The van der Waals surface area contributed by atoms with Gasteiger partial charge in [-0.2, -0.15) is 0 Å². The molecule has 0 saturated carbocycles. The summed E-state index contributed by atoms with van der Waals surface area (Å²) >= 11 is 7.40. The molecule has 10 heteroatoms. The topological polar surface area (TPSA) is 110 Å². The number of carbonyl (C=O) groups is 2. The number of rotatable bonds is 7. The SMILES string of the molecule is CSc1ncc(Cl)c(C(=O)Nc2ccc3c(c2)ncn3C(CC(=O)O)c2ccccc2)n1. The van der Waals surface area contributed by atoms with Gasteiger partial charge in [-0.05, 0) is 30.0 Å². The number of nitrogens with zero attached hydrogens (tertiary/aromatic N) is 4. The molecule has 0 aliphatic heterocycles. The number of fused-ring (bicyclic) bond motifs is 1. The molecule has 2 heterocycles. The fourth-order valence-electron chi connectivity index (χ4n) is 3.37. The van der Waals surface area contributed by atoms with Crippen LogP contribution in [0.1, 0.15) is 28.5 Å². The first kappa shape index (κ1) is 21.8. The standard InChI is InChI=1S/C22H18ClN5O3S/c1-32-22-24-11-15(23)20(27-22)21(31)26-14-7-8-17-16(9-14)25-12-28(17)18(10-19(29)30)13-5-3-2-4-6-13/h2-9,11-12,18H,10H2,1H3,(H,26,31)(H,29,30). The highest BCUT2D eigenvalue weighted by molar-refractivity contribution is 7.98. The summed E-state index contributed by atoms with van der Waals surface area (Å²) in [5.41, 5.74) is 2.84. The molecule has 0 aliphatic carbocycles. The van der Waals surface area contributed by atoms with E-state index >= 15 is 0 Å². The van der Waals surface area contributed by atoms with Crippen molar-refractivity contribution in [3.63, 3.8) is 0 Å². The minimum absolute atomic E-state index is 0.0854. The Morgan fingerprint density at radius 3 is 2.69 bits per heavy atom. The number of benzene rings is 2. The van der Waals surface area contributed by atoms with Gasteiger partial charge in [0.05, 0.1) is 41.0 Å². The molecule has 32 heavy (non-hydrogen) atoms. The molecule has 0 bridgehead atoms. The van der Waals surface area contributed by atoms with E-state index in [0.29, 0.717) is 16.4 Å². The number of hydrogen-bond donors (Lipinski definition) is 2. The molecule has 1 amide bonds. The van der Waals surface area contributed by atoms with Crippen molar-refractivity contribution >= 4 is 52.0 Å². The van der Waals surface area contributed by atoms with Gasteiger partial charge in [-0.1, -0.05) is 53.7 Å². The van der Waals surface area contributed by atoms with E-state index in [1.807, 2.05) is 41.2 Å². The van der Waals surface area contributed by atoms with Crippen LogP contribution in [0.3, 0.4) is 0 Å². The second-order valence-electron chi connectivity index (χ2n) is 6.89. The van der Waals surface area contributed by atoms with Crippen molar-refractivity contribution in [2.75, 3.05) is 11.6 Å². The van der Waals surface area contributed by atoms with Crippen LogP contribution in [-0.2, 0) is 4.79 Å². The summed E-state index contributed by atoms with van der Waals surface area (Å²) in [5.74, 6) is -1.37. The lowest BCUT2D eigenvalue weighted by molar-refractivity contribution is -0.137. The van der Waals surface area contributed by atoms with Gasteiger partial charge in [0.25, 0.3) is 5.91 Å². The summed E-state index contributed by atoms with van der Waals surface area (Å²) in [7, 11) is 0. The number of amides is 1. The Labute approximate surface area is 192 Å². The summed E-state index contributed by atoms with van der Waals surface area (Å²) in [6.45, 7) is 0. The zero-order valence-corrected chi connectivity index (χ0v) is 18.5. The molecule has 2 aromatic heterocycles. The average molecular weight is 468 g/mol. The van der Waals surface area contributed by atoms with Crippen LogP contribution in [0.5, 0.6) is 0 Å². The highest BCUT2D eigenvalue weighted by Crippen LogP contribution is 2.28. The predicted octanol–water partition coefficient (Wildman–Crippen LogP) is 4.52.